The zero-order valence-corrected chi connectivity index (χ0v) is 22.6. The summed E-state index contributed by atoms with van der Waals surface area (Å²) in [5, 5.41) is -5.07. The molecule has 7 aliphatic rings. The number of esters is 3. The Balaban J connectivity index is 1.00. The molecule has 6 bridgehead atoms. The third kappa shape index (κ3) is 4.34. The van der Waals surface area contributed by atoms with Crippen LogP contribution >= 0.6 is 0 Å². The van der Waals surface area contributed by atoms with E-state index in [4.69, 9.17) is 33.0 Å². The summed E-state index contributed by atoms with van der Waals surface area (Å²) in [5.41, 5.74) is -2.03. The van der Waals surface area contributed by atoms with Crippen molar-refractivity contribution >= 4 is 28.0 Å². The van der Waals surface area contributed by atoms with Gasteiger partial charge < -0.3 is 28.4 Å². The van der Waals surface area contributed by atoms with Crippen LogP contribution in [0.4, 0.5) is 8.78 Å². The van der Waals surface area contributed by atoms with Gasteiger partial charge in [-0.15, -0.1) is 0 Å². The third-order valence-corrected chi connectivity index (χ3v) is 10.7. The molecule has 3 heterocycles. The van der Waals surface area contributed by atoms with E-state index in [-0.39, 0.29) is 74.2 Å². The molecule has 7 atom stereocenters. The Labute approximate surface area is 229 Å². The van der Waals surface area contributed by atoms with Crippen molar-refractivity contribution in [3.63, 3.8) is 0 Å². The van der Waals surface area contributed by atoms with E-state index >= 15 is 0 Å². The molecule has 7 unspecified atom stereocenters. The second-order valence-corrected chi connectivity index (χ2v) is 13.4. The Morgan fingerprint density at radius 1 is 1.10 bits per heavy atom. The Hall–Kier alpha value is -1.94. The largest absolute Gasteiger partial charge is 0.465 e. The van der Waals surface area contributed by atoms with Gasteiger partial charge in [-0.25, -0.2) is 9.59 Å². The highest BCUT2D eigenvalue weighted by atomic mass is 32.2. The molecule has 15 heteroatoms. The molecule has 3 aliphatic heterocycles. The number of alkyl halides is 2. The lowest BCUT2D eigenvalue weighted by Crippen LogP contribution is -2.66. The zero-order valence-electron chi connectivity index (χ0n) is 21.8. The van der Waals surface area contributed by atoms with E-state index in [9.17, 15) is 31.6 Å². The van der Waals surface area contributed by atoms with Gasteiger partial charge in [-0.2, -0.15) is 17.2 Å². The van der Waals surface area contributed by atoms with E-state index in [2.05, 4.69) is 0 Å². The van der Waals surface area contributed by atoms with Crippen LogP contribution in [0.25, 0.3) is 0 Å². The van der Waals surface area contributed by atoms with Gasteiger partial charge in [0.15, 0.2) is 6.10 Å². The van der Waals surface area contributed by atoms with Gasteiger partial charge >= 0.3 is 33.3 Å². The summed E-state index contributed by atoms with van der Waals surface area (Å²) < 4.78 is 92.5. The van der Waals surface area contributed by atoms with Crippen LogP contribution in [0.5, 0.6) is 0 Å². The van der Waals surface area contributed by atoms with E-state index in [0.717, 1.165) is 0 Å². The van der Waals surface area contributed by atoms with Crippen molar-refractivity contribution in [1.82, 2.24) is 0 Å². The first kappa shape index (κ1) is 28.2. The van der Waals surface area contributed by atoms with Crippen molar-refractivity contribution in [1.29, 1.82) is 0 Å². The highest BCUT2D eigenvalue weighted by molar-refractivity contribution is 7.87. The molecule has 40 heavy (non-hydrogen) atoms. The summed E-state index contributed by atoms with van der Waals surface area (Å²) in [6.45, 7) is 1.42. The average molecular weight is 595 g/mol. The van der Waals surface area contributed by atoms with Crippen LogP contribution in [0.1, 0.15) is 51.9 Å². The van der Waals surface area contributed by atoms with Gasteiger partial charge in [0.1, 0.15) is 31.0 Å². The van der Waals surface area contributed by atoms with Crippen molar-refractivity contribution in [2.45, 2.75) is 92.7 Å². The molecule has 7 fully saturated rings. The molecular weight excluding hydrogens is 562 g/mol. The lowest BCUT2D eigenvalue weighted by molar-refractivity contribution is -0.259. The summed E-state index contributed by atoms with van der Waals surface area (Å²) >= 11 is 0. The lowest BCUT2D eigenvalue weighted by Gasteiger charge is -2.63. The molecule has 224 valence electrons. The molecule has 0 radical (unpaired) electrons. The molecule has 4 saturated carbocycles. The minimum Gasteiger partial charge on any atom is -0.462 e. The topological polar surface area (TPSA) is 161 Å². The number of carbonyl (C=O) groups is 3. The molecule has 12 nitrogen and oxygen atoms in total. The summed E-state index contributed by atoms with van der Waals surface area (Å²) in [4.78, 5) is 36.5. The Bertz CT molecular complexity index is 1170. The summed E-state index contributed by atoms with van der Waals surface area (Å²) in [7, 11) is -5.98. The van der Waals surface area contributed by atoms with E-state index in [1.807, 2.05) is 0 Å². The van der Waals surface area contributed by atoms with Gasteiger partial charge in [-0.1, -0.05) is 6.92 Å². The number of fused-ring (bicyclic) bond motifs is 1. The first-order valence-electron chi connectivity index (χ1n) is 13.6. The molecule has 0 amide bonds. The highest BCUT2D eigenvalue weighted by Crippen LogP contribution is 2.63. The average Bonchev–Trinajstić information content (AvgIpc) is 3.51. The van der Waals surface area contributed by atoms with Crippen molar-refractivity contribution < 1.29 is 64.6 Å². The molecule has 0 spiro atoms. The summed E-state index contributed by atoms with van der Waals surface area (Å²) in [6.07, 6.45) is 1.98. The van der Waals surface area contributed by atoms with Gasteiger partial charge in [0.2, 0.25) is 0 Å². The molecule has 1 N–H and O–H groups in total. The maximum Gasteiger partial charge on any atom is 0.465 e. The van der Waals surface area contributed by atoms with Crippen molar-refractivity contribution in [3.05, 3.63) is 0 Å². The van der Waals surface area contributed by atoms with Crippen molar-refractivity contribution in [2.75, 3.05) is 19.8 Å². The fraction of sp³-hybridized carbons (Fsp3) is 0.880. The minimum absolute atomic E-state index is 0.0298. The second-order valence-electron chi connectivity index (χ2n) is 11.9. The minimum atomic E-state index is -5.98. The second kappa shape index (κ2) is 9.54. The van der Waals surface area contributed by atoms with Crippen LogP contribution in [0.3, 0.4) is 0 Å². The Morgan fingerprint density at radius 2 is 1.80 bits per heavy atom. The van der Waals surface area contributed by atoms with Gasteiger partial charge in [0.25, 0.3) is 0 Å². The van der Waals surface area contributed by atoms with Crippen LogP contribution in [0.15, 0.2) is 0 Å². The monoisotopic (exact) mass is 594 g/mol. The van der Waals surface area contributed by atoms with Crippen molar-refractivity contribution in [3.8, 4) is 0 Å². The quantitative estimate of drug-likeness (QED) is 0.159. The van der Waals surface area contributed by atoms with Gasteiger partial charge in [-0.05, 0) is 50.9 Å². The molecule has 0 aromatic rings. The van der Waals surface area contributed by atoms with Crippen LogP contribution in [0.2, 0.25) is 0 Å². The van der Waals surface area contributed by atoms with E-state index in [0.29, 0.717) is 38.5 Å². The predicted molar refractivity (Wildman–Crippen MR) is 125 cm³/mol. The number of carbonyl (C=O) groups excluding carboxylic acids is 3. The summed E-state index contributed by atoms with van der Waals surface area (Å²) in [6, 6.07) is 0. The zero-order chi connectivity index (χ0) is 28.7. The van der Waals surface area contributed by atoms with Crippen LogP contribution in [-0.4, -0.2) is 91.6 Å². The van der Waals surface area contributed by atoms with E-state index in [1.54, 1.807) is 6.92 Å². The van der Waals surface area contributed by atoms with Gasteiger partial charge in [-0.3, -0.25) is 9.35 Å². The summed E-state index contributed by atoms with van der Waals surface area (Å²) in [5.74, 6) is -3.94. The predicted octanol–water partition coefficient (Wildman–Crippen LogP) is 1.40. The van der Waals surface area contributed by atoms with E-state index in [1.165, 1.54) is 0 Å². The highest BCUT2D eigenvalue weighted by Gasteiger charge is 2.67. The number of rotatable bonds is 11. The van der Waals surface area contributed by atoms with Gasteiger partial charge in [0, 0.05) is 11.8 Å². The van der Waals surface area contributed by atoms with Crippen LogP contribution in [0, 0.1) is 23.7 Å². The molecular formula is C25H32F2O12S. The number of hydrogen-bond acceptors (Lipinski definition) is 11. The molecule has 0 aromatic heterocycles. The number of hydrogen-bond donors (Lipinski definition) is 1. The lowest BCUT2D eigenvalue weighted by atomic mass is 9.47. The fourth-order valence-electron chi connectivity index (χ4n) is 8.35. The smallest absolute Gasteiger partial charge is 0.462 e. The van der Waals surface area contributed by atoms with Crippen LogP contribution < -0.4 is 0 Å². The molecule has 4 aliphatic carbocycles. The third-order valence-electron chi connectivity index (χ3n) is 9.85. The Kier molecular flexibility index (Phi) is 6.73. The normalized spacial score (nSPS) is 42.8. The standard InChI is InChI=1S/C25H32F2O12S/c1-2-24(39-22(30)25(26,27)40(31,32)33)13-5-12-6-14(24)10-23(8-12,9-13)36-11-17(28)34-3-4-35-19-16-7-15-18(37-16)20(19)38-21(15)29/h12-16,18-20H,2-11H2,1H3,(H,31,32,33). The van der Waals surface area contributed by atoms with Crippen LogP contribution in [-0.2, 0) is 52.9 Å². The SMILES string of the molecule is CCC1(OC(=O)C(F)(F)S(=O)(=O)O)C2CC3CC1CC(OCC(=O)OCCOC1C4CC5C(=O)OC1C5O4)(C3)C2. The molecule has 7 rings (SSSR count). The first-order valence-corrected chi connectivity index (χ1v) is 15.1. The Morgan fingerprint density at radius 3 is 2.45 bits per heavy atom. The fourth-order valence-corrected chi connectivity index (χ4v) is 8.60. The molecule has 0 aromatic carbocycles. The maximum absolute atomic E-state index is 14.0. The number of ether oxygens (including phenoxy) is 6. The molecule has 3 saturated heterocycles. The first-order chi connectivity index (χ1) is 18.8. The maximum atomic E-state index is 14.0. The van der Waals surface area contributed by atoms with E-state index < -0.39 is 44.6 Å². The number of halogens is 2. The van der Waals surface area contributed by atoms with Crippen molar-refractivity contribution in [2.24, 2.45) is 23.7 Å². The van der Waals surface area contributed by atoms with Gasteiger partial charge in [0.05, 0.1) is 24.2 Å².